The summed E-state index contributed by atoms with van der Waals surface area (Å²) >= 11 is 0. The Morgan fingerprint density at radius 1 is 1.11 bits per heavy atom. The molecule has 4 rings (SSSR count). The maximum Gasteiger partial charge on any atom is 0.471 e. The van der Waals surface area contributed by atoms with Crippen LogP contribution in [0, 0.1) is 11.6 Å². The van der Waals surface area contributed by atoms with Crippen molar-refractivity contribution in [3.8, 4) is 5.75 Å². The minimum Gasteiger partial charge on any atom is -0.477 e. The minimum atomic E-state index is -4.87. The molecular formula is C20H19F5N4O6S. The first kappa shape index (κ1) is 25.8. The van der Waals surface area contributed by atoms with Crippen molar-refractivity contribution in [3.05, 3.63) is 29.7 Å². The van der Waals surface area contributed by atoms with Crippen LogP contribution in [0.1, 0.15) is 31.6 Å². The van der Waals surface area contributed by atoms with Gasteiger partial charge in [-0.25, -0.2) is 17.2 Å². The van der Waals surface area contributed by atoms with Crippen LogP contribution in [0.4, 0.5) is 27.9 Å². The Labute approximate surface area is 200 Å². The zero-order valence-corrected chi connectivity index (χ0v) is 19.4. The van der Waals surface area contributed by atoms with Crippen molar-refractivity contribution in [2.75, 3.05) is 24.2 Å². The summed E-state index contributed by atoms with van der Waals surface area (Å²) in [6.07, 6.45) is -4.83. The molecule has 1 aromatic heterocycles. The first-order chi connectivity index (χ1) is 16.8. The fraction of sp³-hybridized carbons (Fsp3) is 0.500. The highest BCUT2D eigenvalue weighted by molar-refractivity contribution is 7.90. The lowest BCUT2D eigenvalue weighted by Gasteiger charge is -2.40. The van der Waals surface area contributed by atoms with Gasteiger partial charge in [0.1, 0.15) is 10.7 Å². The molecule has 2 fully saturated rings. The number of sulfone groups is 1. The molecule has 2 saturated heterocycles. The molecule has 196 valence electrons. The van der Waals surface area contributed by atoms with E-state index in [0.717, 1.165) is 4.90 Å². The van der Waals surface area contributed by atoms with E-state index >= 15 is 0 Å². The normalized spacial score (nSPS) is 21.7. The van der Waals surface area contributed by atoms with E-state index in [9.17, 15) is 40.0 Å². The fourth-order valence-electron chi connectivity index (χ4n) is 4.11. The number of piperidine rings is 2. The molecule has 2 amide bonds. The lowest BCUT2D eigenvalue weighted by atomic mass is 9.98. The topological polar surface area (TPSA) is 123 Å². The lowest BCUT2D eigenvalue weighted by molar-refractivity contribution is -0.159. The Bertz CT molecular complexity index is 1300. The van der Waals surface area contributed by atoms with E-state index in [1.54, 1.807) is 0 Å². The summed E-state index contributed by atoms with van der Waals surface area (Å²) in [5.74, 6) is -6.37. The van der Waals surface area contributed by atoms with Crippen molar-refractivity contribution in [2.24, 2.45) is 0 Å². The van der Waals surface area contributed by atoms with Crippen LogP contribution in [0.3, 0.4) is 0 Å². The van der Waals surface area contributed by atoms with Crippen molar-refractivity contribution < 1.29 is 49.2 Å². The number of carbonyl (C=O) groups is 2. The second-order valence-corrected chi connectivity index (χ2v) is 10.3. The highest BCUT2D eigenvalue weighted by Gasteiger charge is 2.42. The van der Waals surface area contributed by atoms with E-state index in [1.807, 2.05) is 0 Å². The highest BCUT2D eigenvalue weighted by atomic mass is 32.2. The third-order valence-electron chi connectivity index (χ3n) is 5.82. The summed E-state index contributed by atoms with van der Waals surface area (Å²) in [5, 5.41) is 3.20. The van der Waals surface area contributed by atoms with E-state index in [1.165, 1.54) is 4.90 Å². The third-order valence-corrected chi connectivity index (χ3v) is 6.93. The van der Waals surface area contributed by atoms with Gasteiger partial charge in [-0.1, -0.05) is 0 Å². The number of halogens is 5. The van der Waals surface area contributed by atoms with E-state index in [2.05, 4.69) is 14.7 Å². The predicted octanol–water partition coefficient (Wildman–Crippen LogP) is 2.34. The highest BCUT2D eigenvalue weighted by Crippen LogP contribution is 2.32. The van der Waals surface area contributed by atoms with Gasteiger partial charge in [-0.15, -0.1) is 0 Å². The average Bonchev–Trinajstić information content (AvgIpc) is 3.27. The Balaban J connectivity index is 1.44. The zero-order chi connectivity index (χ0) is 26.4. The molecule has 1 unspecified atom stereocenters. The van der Waals surface area contributed by atoms with Crippen LogP contribution in [-0.2, 0) is 25.6 Å². The van der Waals surface area contributed by atoms with Gasteiger partial charge in [0, 0.05) is 37.9 Å². The van der Waals surface area contributed by atoms with Gasteiger partial charge < -0.3 is 14.2 Å². The third kappa shape index (κ3) is 5.12. The molecule has 1 aromatic carbocycles. The van der Waals surface area contributed by atoms with Crippen LogP contribution in [0.2, 0.25) is 0 Å². The zero-order valence-electron chi connectivity index (χ0n) is 18.6. The number of anilines is 1. The summed E-state index contributed by atoms with van der Waals surface area (Å²) in [4.78, 5) is 30.3. The Morgan fingerprint density at radius 2 is 1.83 bits per heavy atom. The Kier molecular flexibility index (Phi) is 6.66. The maximum atomic E-state index is 14.4. The number of carbonyl (C=O) groups excluding carboxylic acids is 2. The molecule has 2 aliphatic heterocycles. The number of benzene rings is 1. The number of ether oxygens (including phenoxy) is 1. The first-order valence-corrected chi connectivity index (χ1v) is 12.5. The molecule has 0 radical (unpaired) electrons. The predicted molar refractivity (Wildman–Crippen MR) is 110 cm³/mol. The van der Waals surface area contributed by atoms with Gasteiger partial charge in [0.15, 0.2) is 27.5 Å². The molecule has 0 spiro atoms. The van der Waals surface area contributed by atoms with E-state index < -0.39 is 74.1 Å². The lowest BCUT2D eigenvalue weighted by Crippen LogP contribution is -2.55. The molecule has 2 aliphatic rings. The number of hydrogen-bond donors (Lipinski definition) is 0. The average molecular weight is 538 g/mol. The second-order valence-electron chi connectivity index (χ2n) is 8.35. The summed E-state index contributed by atoms with van der Waals surface area (Å²) in [6.45, 7) is 0.170. The minimum absolute atomic E-state index is 0.0809. The molecule has 0 bridgehead atoms. The number of alkyl halides is 3. The van der Waals surface area contributed by atoms with Crippen LogP contribution >= 0.6 is 0 Å². The van der Waals surface area contributed by atoms with Crippen molar-refractivity contribution >= 4 is 27.6 Å². The number of likely N-dealkylation sites (tertiary alicyclic amines) is 1. The number of aromatic nitrogens is 2. The Hall–Kier alpha value is -3.30. The molecule has 0 aliphatic carbocycles. The molecule has 16 heteroatoms. The molecule has 2 aromatic rings. The largest absolute Gasteiger partial charge is 0.477 e. The van der Waals surface area contributed by atoms with Crippen molar-refractivity contribution in [1.29, 1.82) is 0 Å². The van der Waals surface area contributed by atoms with Crippen molar-refractivity contribution in [3.63, 3.8) is 0 Å². The fourth-order valence-corrected chi connectivity index (χ4v) is 4.84. The van der Waals surface area contributed by atoms with E-state index in [4.69, 9.17) is 4.74 Å². The van der Waals surface area contributed by atoms with Gasteiger partial charge >= 0.3 is 12.1 Å². The van der Waals surface area contributed by atoms with Gasteiger partial charge in [0.25, 0.3) is 11.9 Å². The Morgan fingerprint density at radius 3 is 2.44 bits per heavy atom. The smallest absolute Gasteiger partial charge is 0.471 e. The first-order valence-electron chi connectivity index (χ1n) is 10.6. The molecular weight excluding hydrogens is 519 g/mol. The summed E-state index contributed by atoms with van der Waals surface area (Å²) < 4.78 is 99.3. The molecule has 3 heterocycles. The van der Waals surface area contributed by atoms with Gasteiger partial charge in [-0.2, -0.15) is 18.2 Å². The summed E-state index contributed by atoms with van der Waals surface area (Å²) in [6, 6.07) is 0.414. The van der Waals surface area contributed by atoms with Crippen molar-refractivity contribution in [2.45, 2.75) is 48.9 Å². The van der Waals surface area contributed by atoms with E-state index in [-0.39, 0.29) is 32.4 Å². The quantitative estimate of drug-likeness (QED) is 0.532. The maximum absolute atomic E-state index is 14.4. The van der Waals surface area contributed by atoms with Crippen LogP contribution < -0.4 is 9.64 Å². The van der Waals surface area contributed by atoms with Gasteiger partial charge in [-0.05, 0) is 30.5 Å². The number of nitrogens with zero attached hydrogens (tertiary/aromatic N) is 4. The molecule has 36 heavy (non-hydrogen) atoms. The molecule has 2 atom stereocenters. The van der Waals surface area contributed by atoms with Gasteiger partial charge in [-0.3, -0.25) is 14.5 Å². The number of hydrogen-bond acceptors (Lipinski definition) is 8. The number of amides is 2. The molecule has 0 saturated carbocycles. The van der Waals surface area contributed by atoms with E-state index in [0.29, 0.717) is 24.8 Å². The van der Waals surface area contributed by atoms with Gasteiger partial charge in [0.05, 0.1) is 0 Å². The summed E-state index contributed by atoms with van der Waals surface area (Å²) in [5.41, 5.74) is 0. The summed E-state index contributed by atoms with van der Waals surface area (Å²) in [7, 11) is -4.03. The van der Waals surface area contributed by atoms with Crippen LogP contribution in [0.15, 0.2) is 21.6 Å². The monoisotopic (exact) mass is 538 g/mol. The second kappa shape index (κ2) is 9.29. The van der Waals surface area contributed by atoms with Gasteiger partial charge in [0.2, 0.25) is 5.91 Å². The standard InChI is InChI=1S/C20H19F5N4O6S/c1-36(32,33)15-9-11(21)14(8-12(15)22)34-13-3-2-5-28(17(13)31)10-4-6-29(16(30)7-10)19-26-18(35-27-19)20(23,24)25/h8-10,13H,2-7H2,1H3/t10?,13-/m0/s1. The SMILES string of the molecule is CS(=O)(=O)c1cc(F)c(O[C@H]2CCCN(C3CCN(c4noc(C(F)(F)F)n4)C(=O)C3)C2=O)cc1F. The molecule has 10 nitrogen and oxygen atoms in total. The number of rotatable bonds is 5. The molecule has 0 N–H and O–H groups in total. The van der Waals surface area contributed by atoms with Crippen LogP contribution in [-0.4, -0.2) is 66.8 Å². The van der Waals surface area contributed by atoms with Crippen LogP contribution in [0.25, 0.3) is 0 Å². The van der Waals surface area contributed by atoms with Crippen LogP contribution in [0.5, 0.6) is 5.75 Å². The van der Waals surface area contributed by atoms with Crippen molar-refractivity contribution in [1.82, 2.24) is 15.0 Å².